The molecule has 1 amide bonds. The molecule has 0 spiro atoms. The Kier molecular flexibility index (Phi) is 5.15. The molecule has 8 heteroatoms. The summed E-state index contributed by atoms with van der Waals surface area (Å²) in [6, 6.07) is 11.8. The van der Waals surface area contributed by atoms with Crippen molar-refractivity contribution in [3.05, 3.63) is 66.2 Å². The average molecular weight is 363 g/mol. The predicted molar refractivity (Wildman–Crippen MR) is 99.0 cm³/mol. The van der Waals surface area contributed by atoms with Crippen molar-refractivity contribution in [2.24, 2.45) is 0 Å². The topological polar surface area (TPSA) is 80.0 Å². The first kappa shape index (κ1) is 17.3. The van der Waals surface area contributed by atoms with E-state index in [1.807, 2.05) is 53.7 Å². The van der Waals surface area contributed by atoms with Crippen molar-refractivity contribution < 1.29 is 4.79 Å². The smallest absolute Gasteiger partial charge is 0.227 e. The quantitative estimate of drug-likeness (QED) is 0.671. The minimum absolute atomic E-state index is 0.175. The van der Waals surface area contributed by atoms with Gasteiger partial charge in [0.1, 0.15) is 6.33 Å². The van der Waals surface area contributed by atoms with E-state index in [0.717, 1.165) is 44.0 Å². The molecule has 0 radical (unpaired) electrons. The Morgan fingerprint density at radius 1 is 0.926 bits per heavy atom. The van der Waals surface area contributed by atoms with Gasteiger partial charge in [0.25, 0.3) is 0 Å². The average Bonchev–Trinajstić information content (AvgIpc) is 3.25. The number of hydrogen-bond acceptors (Lipinski definition) is 6. The first-order valence-electron chi connectivity index (χ1n) is 8.99. The minimum atomic E-state index is 0.175. The van der Waals surface area contributed by atoms with Crippen molar-refractivity contribution in [3.8, 4) is 5.69 Å². The maximum absolute atomic E-state index is 12.6. The summed E-state index contributed by atoms with van der Waals surface area (Å²) < 4.78 is 1.59. The summed E-state index contributed by atoms with van der Waals surface area (Å²) >= 11 is 0. The second kappa shape index (κ2) is 8.05. The van der Waals surface area contributed by atoms with Crippen molar-refractivity contribution in [1.82, 2.24) is 35.0 Å². The highest BCUT2D eigenvalue weighted by Crippen LogP contribution is 2.12. The van der Waals surface area contributed by atoms with Crippen LogP contribution in [-0.4, -0.2) is 67.1 Å². The molecule has 1 aromatic carbocycles. The van der Waals surface area contributed by atoms with E-state index in [-0.39, 0.29) is 5.91 Å². The highest BCUT2D eigenvalue weighted by Gasteiger charge is 2.21. The lowest BCUT2D eigenvalue weighted by molar-refractivity contribution is -0.132. The third-order valence-electron chi connectivity index (χ3n) is 4.79. The zero-order valence-corrected chi connectivity index (χ0v) is 15.0. The molecule has 27 heavy (non-hydrogen) atoms. The number of pyridine rings is 1. The van der Waals surface area contributed by atoms with Crippen LogP contribution in [0.1, 0.15) is 11.1 Å². The Morgan fingerprint density at radius 2 is 1.67 bits per heavy atom. The van der Waals surface area contributed by atoms with E-state index in [1.54, 1.807) is 11.0 Å². The number of hydrogen-bond donors (Lipinski definition) is 0. The number of nitrogens with zero attached hydrogens (tertiary/aromatic N) is 7. The summed E-state index contributed by atoms with van der Waals surface area (Å²) in [6.07, 6.45) is 5.60. The molecular weight excluding hydrogens is 342 g/mol. The Labute approximate surface area is 157 Å². The molecule has 4 rings (SSSR count). The molecule has 0 aliphatic carbocycles. The molecule has 0 saturated carbocycles. The van der Waals surface area contributed by atoms with Crippen molar-refractivity contribution >= 4 is 5.91 Å². The predicted octanol–water partition coefficient (Wildman–Crippen LogP) is 0.944. The van der Waals surface area contributed by atoms with E-state index >= 15 is 0 Å². The summed E-state index contributed by atoms with van der Waals surface area (Å²) in [5.74, 6) is 0.175. The van der Waals surface area contributed by atoms with E-state index in [4.69, 9.17) is 0 Å². The Morgan fingerprint density at radius 3 is 2.33 bits per heavy atom. The molecule has 138 valence electrons. The van der Waals surface area contributed by atoms with Crippen molar-refractivity contribution in [2.45, 2.75) is 13.0 Å². The highest BCUT2D eigenvalue weighted by atomic mass is 16.2. The summed E-state index contributed by atoms with van der Waals surface area (Å²) in [5.41, 5.74) is 3.13. The van der Waals surface area contributed by atoms with Crippen LogP contribution in [0.15, 0.2) is 55.1 Å². The molecule has 0 N–H and O–H groups in total. The molecule has 2 aromatic heterocycles. The van der Waals surface area contributed by atoms with Crippen LogP contribution >= 0.6 is 0 Å². The van der Waals surface area contributed by atoms with Crippen molar-refractivity contribution in [3.63, 3.8) is 0 Å². The van der Waals surface area contributed by atoms with Gasteiger partial charge in [-0.2, -0.15) is 0 Å². The van der Waals surface area contributed by atoms with E-state index in [0.29, 0.717) is 6.42 Å². The molecule has 0 atom stereocenters. The maximum atomic E-state index is 12.6. The van der Waals surface area contributed by atoms with Crippen molar-refractivity contribution in [1.29, 1.82) is 0 Å². The van der Waals surface area contributed by atoms with Crippen LogP contribution < -0.4 is 0 Å². The number of benzene rings is 1. The number of tetrazole rings is 1. The van der Waals surface area contributed by atoms with Crippen LogP contribution in [0.4, 0.5) is 0 Å². The minimum Gasteiger partial charge on any atom is -0.340 e. The number of carbonyl (C=O) groups is 1. The van der Waals surface area contributed by atoms with Gasteiger partial charge in [-0.15, -0.1) is 5.10 Å². The lowest BCUT2D eigenvalue weighted by atomic mass is 10.1. The van der Waals surface area contributed by atoms with Gasteiger partial charge in [-0.3, -0.25) is 14.7 Å². The van der Waals surface area contributed by atoms with E-state index in [9.17, 15) is 4.79 Å². The first-order chi connectivity index (χ1) is 13.3. The van der Waals surface area contributed by atoms with Gasteiger partial charge < -0.3 is 4.90 Å². The molecular formula is C19H21N7O. The van der Waals surface area contributed by atoms with Crippen molar-refractivity contribution in [2.75, 3.05) is 26.2 Å². The van der Waals surface area contributed by atoms with Crippen LogP contribution in [0.2, 0.25) is 0 Å². The molecule has 0 unspecified atom stereocenters. The molecule has 1 aliphatic rings. The number of aromatic nitrogens is 5. The van der Waals surface area contributed by atoms with Gasteiger partial charge in [0, 0.05) is 45.1 Å². The van der Waals surface area contributed by atoms with Gasteiger partial charge >= 0.3 is 0 Å². The lowest BCUT2D eigenvalue weighted by Gasteiger charge is -2.34. The largest absolute Gasteiger partial charge is 0.340 e. The van der Waals surface area contributed by atoms with E-state index in [2.05, 4.69) is 25.4 Å². The highest BCUT2D eigenvalue weighted by molar-refractivity contribution is 5.79. The first-order valence-corrected chi connectivity index (χ1v) is 8.99. The summed E-state index contributed by atoms with van der Waals surface area (Å²) in [6.45, 7) is 4.24. The Bertz CT molecular complexity index is 857. The van der Waals surface area contributed by atoms with Crippen LogP contribution in [0.5, 0.6) is 0 Å². The molecule has 0 bridgehead atoms. The number of carbonyl (C=O) groups excluding carboxylic acids is 1. The summed E-state index contributed by atoms with van der Waals surface area (Å²) in [7, 11) is 0. The fourth-order valence-corrected chi connectivity index (χ4v) is 3.23. The standard InChI is InChI=1S/C19H21N7O/c27-19(13-16-1-3-18(4-2-16)26-15-21-22-23-26)25-11-9-24(10-12-25)14-17-5-7-20-8-6-17/h1-8,15H,9-14H2. The third-order valence-corrected chi connectivity index (χ3v) is 4.79. The van der Waals surface area contributed by atoms with Gasteiger partial charge in [-0.25, -0.2) is 4.68 Å². The number of amides is 1. The molecule has 1 saturated heterocycles. The van der Waals surface area contributed by atoms with Crippen LogP contribution in [0.3, 0.4) is 0 Å². The van der Waals surface area contributed by atoms with Crippen LogP contribution in [-0.2, 0) is 17.8 Å². The van der Waals surface area contributed by atoms with Gasteiger partial charge in [-0.1, -0.05) is 12.1 Å². The number of piperazine rings is 1. The Hall–Kier alpha value is -3.13. The van der Waals surface area contributed by atoms with Gasteiger partial charge in [0.05, 0.1) is 12.1 Å². The zero-order chi connectivity index (χ0) is 18.5. The van der Waals surface area contributed by atoms with Gasteiger partial charge in [0.2, 0.25) is 5.91 Å². The Balaban J connectivity index is 1.28. The monoisotopic (exact) mass is 363 g/mol. The third kappa shape index (κ3) is 4.35. The SMILES string of the molecule is O=C(Cc1ccc(-n2cnnn2)cc1)N1CCN(Cc2ccncc2)CC1. The van der Waals surface area contributed by atoms with Gasteiger partial charge in [-0.05, 0) is 45.8 Å². The molecule has 1 fully saturated rings. The van der Waals surface area contributed by atoms with Crippen LogP contribution in [0, 0.1) is 0 Å². The summed E-state index contributed by atoms with van der Waals surface area (Å²) in [4.78, 5) is 21.0. The second-order valence-electron chi connectivity index (χ2n) is 6.61. The fourth-order valence-electron chi connectivity index (χ4n) is 3.23. The van der Waals surface area contributed by atoms with E-state index in [1.165, 1.54) is 5.56 Å². The zero-order valence-electron chi connectivity index (χ0n) is 15.0. The fraction of sp³-hybridized carbons (Fsp3) is 0.316. The molecule has 8 nitrogen and oxygen atoms in total. The normalized spacial score (nSPS) is 15.0. The second-order valence-corrected chi connectivity index (χ2v) is 6.61. The maximum Gasteiger partial charge on any atom is 0.227 e. The lowest BCUT2D eigenvalue weighted by Crippen LogP contribution is -2.48. The summed E-state index contributed by atoms with van der Waals surface area (Å²) in [5, 5.41) is 11.1. The van der Waals surface area contributed by atoms with Gasteiger partial charge in [0.15, 0.2) is 0 Å². The van der Waals surface area contributed by atoms with E-state index < -0.39 is 0 Å². The number of rotatable bonds is 5. The molecule has 3 heterocycles. The van der Waals surface area contributed by atoms with Crippen LogP contribution in [0.25, 0.3) is 5.69 Å². The molecule has 1 aliphatic heterocycles. The molecule has 3 aromatic rings.